The highest BCUT2D eigenvalue weighted by atomic mass is 19.4. The summed E-state index contributed by atoms with van der Waals surface area (Å²) in [6.45, 7) is 5.37. The number of aliphatic carboxylic acids is 1. The number of hydrogen-bond donors (Lipinski definition) is 2. The van der Waals surface area contributed by atoms with Gasteiger partial charge in [-0.2, -0.15) is 13.2 Å². The summed E-state index contributed by atoms with van der Waals surface area (Å²) in [5.74, 6) is -3.13. The number of carbonyl (C=O) groups excluding carboxylic acids is 1. The maximum absolute atomic E-state index is 11.9. The molecule has 2 N–H and O–H groups in total. The van der Waals surface area contributed by atoms with E-state index >= 15 is 0 Å². The summed E-state index contributed by atoms with van der Waals surface area (Å²) in [6, 6.07) is 8.95. The molecule has 1 aromatic rings. The molecular weight excluding hydrogens is 343 g/mol. The van der Waals surface area contributed by atoms with Crippen LogP contribution in [0.1, 0.15) is 19.4 Å². The van der Waals surface area contributed by atoms with E-state index in [4.69, 9.17) is 14.6 Å². The molecule has 0 amide bonds. The van der Waals surface area contributed by atoms with Gasteiger partial charge >= 0.3 is 18.1 Å². The topological polar surface area (TPSA) is 87.1 Å². The summed E-state index contributed by atoms with van der Waals surface area (Å²) in [5, 5.41) is 16.4. The summed E-state index contributed by atoms with van der Waals surface area (Å²) < 4.78 is 37.0. The molecule has 142 valence electrons. The van der Waals surface area contributed by atoms with Crippen LogP contribution >= 0.6 is 0 Å². The molecule has 6 nitrogen and oxygen atoms in total. The van der Waals surface area contributed by atoms with E-state index in [-0.39, 0.29) is 19.2 Å². The van der Waals surface area contributed by atoms with Crippen LogP contribution in [0.25, 0.3) is 0 Å². The lowest BCUT2D eigenvalue weighted by atomic mass is 10.2. The van der Waals surface area contributed by atoms with E-state index in [1.54, 1.807) is 0 Å². The second kappa shape index (κ2) is 11.4. The fourth-order valence-corrected chi connectivity index (χ4v) is 1.83. The lowest BCUT2D eigenvalue weighted by Gasteiger charge is -2.26. The number of nitrogens with zero attached hydrogens (tertiary/aromatic N) is 1. The highest BCUT2D eigenvalue weighted by Gasteiger charge is 2.38. The number of carboxylic acids is 1. The van der Waals surface area contributed by atoms with Crippen LogP contribution in [-0.4, -0.2) is 59.0 Å². The second-order valence-electron chi connectivity index (χ2n) is 4.82. The SMILES string of the molecule is CCN(CC)C(CO)C(=O)OCc1ccccc1.O=C(O)C(F)(F)F. The minimum absolute atomic E-state index is 0.213. The van der Waals surface area contributed by atoms with Gasteiger partial charge < -0.3 is 14.9 Å². The first-order valence-electron chi connectivity index (χ1n) is 7.52. The molecule has 25 heavy (non-hydrogen) atoms. The van der Waals surface area contributed by atoms with Gasteiger partial charge in [0, 0.05) is 0 Å². The zero-order valence-electron chi connectivity index (χ0n) is 14.0. The van der Waals surface area contributed by atoms with E-state index < -0.39 is 18.2 Å². The molecule has 9 heteroatoms. The molecule has 0 radical (unpaired) electrons. The van der Waals surface area contributed by atoms with Crippen molar-refractivity contribution >= 4 is 11.9 Å². The van der Waals surface area contributed by atoms with Gasteiger partial charge in [0.1, 0.15) is 12.6 Å². The van der Waals surface area contributed by atoms with Crippen LogP contribution in [0.15, 0.2) is 30.3 Å². The molecule has 1 unspecified atom stereocenters. The Morgan fingerprint density at radius 3 is 2.00 bits per heavy atom. The molecule has 0 aliphatic carbocycles. The molecule has 0 aliphatic heterocycles. The number of halogens is 3. The molecule has 1 aromatic carbocycles. The number of aliphatic hydroxyl groups is 1. The van der Waals surface area contributed by atoms with Crippen molar-refractivity contribution in [2.24, 2.45) is 0 Å². The number of likely N-dealkylation sites (N-methyl/N-ethyl adjacent to an activating group) is 1. The molecule has 0 fully saturated rings. The van der Waals surface area contributed by atoms with Gasteiger partial charge in [0.15, 0.2) is 0 Å². The number of esters is 1. The van der Waals surface area contributed by atoms with Crippen molar-refractivity contribution in [1.29, 1.82) is 0 Å². The van der Waals surface area contributed by atoms with Crippen molar-refractivity contribution in [1.82, 2.24) is 4.90 Å². The maximum atomic E-state index is 11.9. The summed E-state index contributed by atoms with van der Waals surface area (Å²) in [4.78, 5) is 22.7. The van der Waals surface area contributed by atoms with E-state index in [1.807, 2.05) is 49.1 Å². The van der Waals surface area contributed by atoms with Gasteiger partial charge in [-0.05, 0) is 18.7 Å². The van der Waals surface area contributed by atoms with Crippen molar-refractivity contribution in [3.05, 3.63) is 35.9 Å². The van der Waals surface area contributed by atoms with Crippen LogP contribution in [0.2, 0.25) is 0 Å². The predicted molar refractivity (Wildman–Crippen MR) is 83.7 cm³/mol. The largest absolute Gasteiger partial charge is 0.490 e. The molecular formula is C16H22F3NO5. The zero-order valence-corrected chi connectivity index (χ0v) is 14.0. The first-order valence-corrected chi connectivity index (χ1v) is 7.52. The molecule has 0 aromatic heterocycles. The summed E-state index contributed by atoms with van der Waals surface area (Å²) in [6.07, 6.45) is -5.08. The van der Waals surface area contributed by atoms with Crippen LogP contribution in [0.4, 0.5) is 13.2 Å². The third kappa shape index (κ3) is 9.06. The van der Waals surface area contributed by atoms with Crippen LogP contribution in [-0.2, 0) is 20.9 Å². The van der Waals surface area contributed by atoms with Crippen molar-refractivity contribution in [3.8, 4) is 0 Å². The van der Waals surface area contributed by atoms with Crippen LogP contribution < -0.4 is 0 Å². The van der Waals surface area contributed by atoms with Gasteiger partial charge in [-0.1, -0.05) is 44.2 Å². The highest BCUT2D eigenvalue weighted by Crippen LogP contribution is 2.13. The Kier molecular flexibility index (Phi) is 10.5. The molecule has 1 atom stereocenters. The van der Waals surface area contributed by atoms with Gasteiger partial charge in [-0.15, -0.1) is 0 Å². The van der Waals surface area contributed by atoms with Crippen LogP contribution in [0, 0.1) is 0 Å². The minimum atomic E-state index is -5.08. The highest BCUT2D eigenvalue weighted by molar-refractivity contribution is 5.76. The Bertz CT molecular complexity index is 518. The molecule has 0 saturated heterocycles. The quantitative estimate of drug-likeness (QED) is 0.720. The number of carboxylic acid groups (broad SMARTS) is 1. The van der Waals surface area contributed by atoms with Gasteiger partial charge in [0.05, 0.1) is 6.61 Å². The lowest BCUT2D eigenvalue weighted by molar-refractivity contribution is -0.192. The maximum Gasteiger partial charge on any atom is 0.490 e. The number of aliphatic hydroxyl groups excluding tert-OH is 1. The second-order valence-corrected chi connectivity index (χ2v) is 4.82. The normalized spacial score (nSPS) is 12.1. The lowest BCUT2D eigenvalue weighted by Crippen LogP contribution is -2.44. The monoisotopic (exact) mass is 365 g/mol. The number of benzene rings is 1. The third-order valence-corrected chi connectivity index (χ3v) is 3.16. The summed E-state index contributed by atoms with van der Waals surface area (Å²) in [7, 11) is 0. The van der Waals surface area contributed by atoms with Crippen molar-refractivity contribution in [2.45, 2.75) is 32.7 Å². The van der Waals surface area contributed by atoms with Crippen molar-refractivity contribution < 1.29 is 37.7 Å². The summed E-state index contributed by atoms with van der Waals surface area (Å²) >= 11 is 0. The van der Waals surface area contributed by atoms with E-state index in [2.05, 4.69) is 0 Å². The molecule has 1 rings (SSSR count). The Balaban J connectivity index is 0.000000697. The molecule has 0 aliphatic rings. The first kappa shape index (κ1) is 22.9. The fourth-order valence-electron chi connectivity index (χ4n) is 1.83. The average molecular weight is 365 g/mol. The van der Waals surface area contributed by atoms with E-state index in [0.717, 1.165) is 5.56 Å². The standard InChI is InChI=1S/C14H21NO3.C2HF3O2/c1-3-15(4-2)13(10-16)14(17)18-11-12-8-6-5-7-9-12;3-2(4,5)1(6)7/h5-9,13,16H,3-4,10-11H2,1-2H3;(H,6,7). The van der Waals surface area contributed by atoms with Gasteiger partial charge in [0.25, 0.3) is 0 Å². The van der Waals surface area contributed by atoms with Gasteiger partial charge in [-0.25, -0.2) is 4.79 Å². The zero-order chi connectivity index (χ0) is 19.5. The predicted octanol–water partition coefficient (Wildman–Crippen LogP) is 2.07. The van der Waals surface area contributed by atoms with E-state index in [1.165, 1.54) is 0 Å². The van der Waals surface area contributed by atoms with Crippen LogP contribution in [0.5, 0.6) is 0 Å². The third-order valence-electron chi connectivity index (χ3n) is 3.16. The molecule has 0 spiro atoms. The van der Waals surface area contributed by atoms with Crippen LogP contribution in [0.3, 0.4) is 0 Å². The van der Waals surface area contributed by atoms with E-state index in [0.29, 0.717) is 13.1 Å². The Hall–Kier alpha value is -2.13. The number of alkyl halides is 3. The Labute approximate surface area is 143 Å². The Morgan fingerprint density at radius 1 is 1.16 bits per heavy atom. The number of ether oxygens (including phenoxy) is 1. The smallest absolute Gasteiger partial charge is 0.475 e. The average Bonchev–Trinajstić information content (AvgIpc) is 2.58. The number of rotatable bonds is 7. The summed E-state index contributed by atoms with van der Waals surface area (Å²) in [5.41, 5.74) is 0.946. The first-order chi connectivity index (χ1) is 11.7. The minimum Gasteiger partial charge on any atom is -0.475 e. The fraction of sp³-hybridized carbons (Fsp3) is 0.500. The number of hydrogen-bond acceptors (Lipinski definition) is 5. The number of carbonyl (C=O) groups is 2. The Morgan fingerprint density at radius 2 is 1.64 bits per heavy atom. The van der Waals surface area contributed by atoms with Gasteiger partial charge in [-0.3, -0.25) is 9.69 Å². The van der Waals surface area contributed by atoms with E-state index in [9.17, 15) is 23.1 Å². The molecule has 0 saturated carbocycles. The van der Waals surface area contributed by atoms with Crippen molar-refractivity contribution in [2.75, 3.05) is 19.7 Å². The van der Waals surface area contributed by atoms with Gasteiger partial charge in [0.2, 0.25) is 0 Å². The molecule has 0 heterocycles. The van der Waals surface area contributed by atoms with Crippen molar-refractivity contribution in [3.63, 3.8) is 0 Å². The molecule has 0 bridgehead atoms.